The third kappa shape index (κ3) is 2.71. The summed E-state index contributed by atoms with van der Waals surface area (Å²) in [5.41, 5.74) is 1.13. The molecule has 0 amide bonds. The fourth-order valence-corrected chi connectivity index (χ4v) is 4.14. The number of aliphatic hydroxyl groups is 1. The van der Waals surface area contributed by atoms with E-state index < -0.39 is 0 Å². The van der Waals surface area contributed by atoms with Crippen molar-refractivity contribution in [2.24, 2.45) is 0 Å². The van der Waals surface area contributed by atoms with Gasteiger partial charge in [0.05, 0.1) is 12.7 Å². The molecule has 2 aromatic rings. The lowest BCUT2D eigenvalue weighted by atomic mass is 9.86. The van der Waals surface area contributed by atoms with E-state index in [4.69, 9.17) is 4.74 Å². The Kier molecular flexibility index (Phi) is 3.91. The van der Waals surface area contributed by atoms with Crippen molar-refractivity contribution < 1.29 is 9.84 Å². The van der Waals surface area contributed by atoms with Crippen molar-refractivity contribution >= 4 is 27.3 Å². The predicted octanol–water partition coefficient (Wildman–Crippen LogP) is 3.98. The van der Waals surface area contributed by atoms with Gasteiger partial charge in [0.15, 0.2) is 0 Å². The SMILES string of the molecule is OC(Cc1sccc1Br)C1CCOc2ccccc21. The number of fused-ring (bicyclic) bond motifs is 1. The molecule has 0 bridgehead atoms. The first-order chi connectivity index (χ1) is 9.25. The van der Waals surface area contributed by atoms with Gasteiger partial charge in [-0.1, -0.05) is 18.2 Å². The smallest absolute Gasteiger partial charge is 0.122 e. The van der Waals surface area contributed by atoms with Gasteiger partial charge in [0, 0.05) is 21.7 Å². The summed E-state index contributed by atoms with van der Waals surface area (Å²) in [5.74, 6) is 1.09. The molecule has 2 nitrogen and oxygen atoms in total. The van der Waals surface area contributed by atoms with Gasteiger partial charge in [0.1, 0.15) is 5.75 Å². The standard InChI is InChI=1S/C15H15BrO2S/c16-12-6-8-19-15(12)9-13(17)10-5-7-18-14-4-2-1-3-11(10)14/h1-4,6,8,10,13,17H,5,7,9H2. The molecule has 19 heavy (non-hydrogen) atoms. The molecule has 2 atom stereocenters. The van der Waals surface area contributed by atoms with Gasteiger partial charge in [-0.05, 0) is 45.4 Å². The van der Waals surface area contributed by atoms with Crippen LogP contribution in [0.15, 0.2) is 40.2 Å². The van der Waals surface area contributed by atoms with Crippen LogP contribution >= 0.6 is 27.3 Å². The van der Waals surface area contributed by atoms with Crippen LogP contribution in [0.5, 0.6) is 5.75 Å². The van der Waals surface area contributed by atoms with Crippen LogP contribution in [0.3, 0.4) is 0 Å². The Balaban J connectivity index is 1.81. The second-order valence-corrected chi connectivity index (χ2v) is 6.60. The predicted molar refractivity (Wildman–Crippen MR) is 81.0 cm³/mol. The van der Waals surface area contributed by atoms with Gasteiger partial charge >= 0.3 is 0 Å². The van der Waals surface area contributed by atoms with Crippen molar-refractivity contribution in [2.45, 2.75) is 24.9 Å². The number of halogens is 1. The van der Waals surface area contributed by atoms with Crippen molar-refractivity contribution in [3.8, 4) is 5.75 Å². The van der Waals surface area contributed by atoms with Gasteiger partial charge in [0.25, 0.3) is 0 Å². The Morgan fingerprint density at radius 1 is 1.37 bits per heavy atom. The van der Waals surface area contributed by atoms with E-state index in [2.05, 4.69) is 22.0 Å². The topological polar surface area (TPSA) is 29.5 Å². The first kappa shape index (κ1) is 13.2. The van der Waals surface area contributed by atoms with Crippen molar-refractivity contribution in [1.82, 2.24) is 0 Å². The molecule has 2 heterocycles. The molecule has 1 aromatic heterocycles. The maximum atomic E-state index is 10.5. The summed E-state index contributed by atoms with van der Waals surface area (Å²) in [7, 11) is 0. The zero-order valence-electron chi connectivity index (χ0n) is 10.4. The summed E-state index contributed by atoms with van der Waals surface area (Å²) < 4.78 is 6.74. The normalized spacial score (nSPS) is 19.6. The minimum Gasteiger partial charge on any atom is -0.493 e. The molecule has 1 aliphatic rings. The van der Waals surface area contributed by atoms with Gasteiger partial charge in [-0.3, -0.25) is 0 Å². The molecular weight excluding hydrogens is 324 g/mol. The van der Waals surface area contributed by atoms with E-state index in [1.165, 1.54) is 4.88 Å². The Morgan fingerprint density at radius 3 is 3.00 bits per heavy atom. The van der Waals surface area contributed by atoms with Crippen molar-refractivity contribution in [2.75, 3.05) is 6.61 Å². The molecule has 4 heteroatoms. The monoisotopic (exact) mass is 338 g/mol. The molecule has 0 radical (unpaired) electrons. The lowest BCUT2D eigenvalue weighted by Crippen LogP contribution is -2.26. The lowest BCUT2D eigenvalue weighted by Gasteiger charge is -2.29. The van der Waals surface area contributed by atoms with Crippen molar-refractivity contribution in [3.05, 3.63) is 50.6 Å². The van der Waals surface area contributed by atoms with Crippen LogP contribution in [0.4, 0.5) is 0 Å². The van der Waals surface area contributed by atoms with Crippen LogP contribution in [0.2, 0.25) is 0 Å². The van der Waals surface area contributed by atoms with E-state index in [-0.39, 0.29) is 12.0 Å². The maximum Gasteiger partial charge on any atom is 0.122 e. The Bertz CT molecular complexity index is 567. The molecule has 1 N–H and O–H groups in total. The number of rotatable bonds is 3. The molecule has 100 valence electrons. The van der Waals surface area contributed by atoms with Crippen molar-refractivity contribution in [1.29, 1.82) is 0 Å². The van der Waals surface area contributed by atoms with Gasteiger partial charge in [-0.2, -0.15) is 0 Å². The van der Waals surface area contributed by atoms with Crippen LogP contribution < -0.4 is 4.74 Å². The first-order valence-electron chi connectivity index (χ1n) is 6.37. The third-order valence-corrected chi connectivity index (χ3v) is 5.50. The Morgan fingerprint density at radius 2 is 2.21 bits per heavy atom. The molecule has 0 saturated heterocycles. The van der Waals surface area contributed by atoms with Gasteiger partial charge < -0.3 is 9.84 Å². The highest BCUT2D eigenvalue weighted by atomic mass is 79.9. The molecule has 0 spiro atoms. The Hall–Kier alpha value is -0.840. The minimum atomic E-state index is -0.361. The number of hydrogen-bond donors (Lipinski definition) is 1. The fraction of sp³-hybridized carbons (Fsp3) is 0.333. The van der Waals surface area contributed by atoms with E-state index >= 15 is 0 Å². The summed E-state index contributed by atoms with van der Waals surface area (Å²) >= 11 is 5.21. The zero-order chi connectivity index (χ0) is 13.2. The minimum absolute atomic E-state index is 0.166. The Labute approximate surface area is 125 Å². The summed E-state index contributed by atoms with van der Waals surface area (Å²) in [6, 6.07) is 10.1. The second-order valence-electron chi connectivity index (χ2n) is 4.74. The highest BCUT2D eigenvalue weighted by Gasteiger charge is 2.28. The van der Waals surface area contributed by atoms with E-state index in [1.54, 1.807) is 11.3 Å². The van der Waals surface area contributed by atoms with Crippen LogP contribution in [0.1, 0.15) is 22.8 Å². The summed E-state index contributed by atoms with van der Waals surface area (Å²) in [5, 5.41) is 12.6. The number of aliphatic hydroxyl groups excluding tert-OH is 1. The third-order valence-electron chi connectivity index (χ3n) is 3.55. The molecule has 3 rings (SSSR count). The number of para-hydroxylation sites is 1. The van der Waals surface area contributed by atoms with Gasteiger partial charge in [-0.15, -0.1) is 11.3 Å². The molecule has 1 aliphatic heterocycles. The summed E-state index contributed by atoms with van der Waals surface area (Å²) in [6.07, 6.45) is 1.21. The quantitative estimate of drug-likeness (QED) is 0.917. The summed E-state index contributed by atoms with van der Waals surface area (Å²) in [6.45, 7) is 0.685. The number of benzene rings is 1. The first-order valence-corrected chi connectivity index (χ1v) is 8.04. The highest BCUT2D eigenvalue weighted by Crippen LogP contribution is 2.37. The van der Waals surface area contributed by atoms with Crippen LogP contribution in [-0.2, 0) is 6.42 Å². The molecule has 2 unspecified atom stereocenters. The molecule has 0 fully saturated rings. The average Bonchev–Trinajstić information content (AvgIpc) is 2.83. The summed E-state index contributed by atoms with van der Waals surface area (Å²) in [4.78, 5) is 1.21. The van der Waals surface area contributed by atoms with E-state index in [0.29, 0.717) is 13.0 Å². The molecule has 0 saturated carbocycles. The second kappa shape index (κ2) is 5.65. The van der Waals surface area contributed by atoms with Crippen molar-refractivity contribution in [3.63, 3.8) is 0 Å². The highest BCUT2D eigenvalue weighted by molar-refractivity contribution is 9.10. The van der Waals surface area contributed by atoms with Crippen LogP contribution in [0, 0.1) is 0 Å². The van der Waals surface area contributed by atoms with E-state index in [9.17, 15) is 5.11 Å². The van der Waals surface area contributed by atoms with Crippen LogP contribution in [0.25, 0.3) is 0 Å². The number of thiophene rings is 1. The van der Waals surface area contributed by atoms with E-state index in [1.807, 2.05) is 29.6 Å². The fourth-order valence-electron chi connectivity index (χ4n) is 2.57. The molecular formula is C15H15BrO2S. The number of ether oxygens (including phenoxy) is 1. The van der Waals surface area contributed by atoms with Gasteiger partial charge in [-0.25, -0.2) is 0 Å². The number of hydrogen-bond acceptors (Lipinski definition) is 3. The molecule has 0 aliphatic carbocycles. The van der Waals surface area contributed by atoms with E-state index in [0.717, 1.165) is 22.2 Å². The molecule has 1 aromatic carbocycles. The van der Waals surface area contributed by atoms with Crippen LogP contribution in [-0.4, -0.2) is 17.8 Å². The lowest BCUT2D eigenvalue weighted by molar-refractivity contribution is 0.117. The maximum absolute atomic E-state index is 10.5. The zero-order valence-corrected chi connectivity index (χ0v) is 12.8. The average molecular weight is 339 g/mol. The van der Waals surface area contributed by atoms with Gasteiger partial charge in [0.2, 0.25) is 0 Å². The largest absolute Gasteiger partial charge is 0.493 e.